The molecule has 0 aliphatic heterocycles. The van der Waals surface area contributed by atoms with E-state index in [-0.39, 0.29) is 11.7 Å². The Labute approximate surface area is 154 Å². The largest absolute Gasteiger partial charge is 0.309 e. The first-order chi connectivity index (χ1) is 11.6. The number of benzene rings is 1. The van der Waals surface area contributed by atoms with Gasteiger partial charge in [0.05, 0.1) is 16.3 Å². The minimum absolute atomic E-state index is 0.156. The van der Waals surface area contributed by atoms with Gasteiger partial charge in [-0.15, -0.1) is 11.8 Å². The molecule has 0 fully saturated rings. The standard InChI is InChI=1S/C17H13Cl2N3OS/c18-12-4-5-13(19)15(7-12)24-9-16(23)22-17-11(8-20)6-10-2-1-3-14(10)21-17/h4-7H,1-3,9H2,(H,21,22,23). The van der Waals surface area contributed by atoms with E-state index in [4.69, 9.17) is 23.2 Å². The number of nitrogens with zero attached hydrogens (tertiary/aromatic N) is 2. The Balaban J connectivity index is 1.69. The lowest BCUT2D eigenvalue weighted by Crippen LogP contribution is -2.16. The number of aryl methyl sites for hydroxylation is 2. The Morgan fingerprint density at radius 1 is 1.33 bits per heavy atom. The zero-order valence-corrected chi connectivity index (χ0v) is 14.9. The third kappa shape index (κ3) is 3.84. The SMILES string of the molecule is N#Cc1cc2c(nc1NC(=O)CSc1cc(Cl)ccc1Cl)CCC2. The van der Waals surface area contributed by atoms with Crippen molar-refractivity contribution in [3.8, 4) is 6.07 Å². The number of pyridine rings is 1. The Bertz CT molecular complexity index is 848. The van der Waals surface area contributed by atoms with Crippen molar-refractivity contribution in [2.75, 3.05) is 11.1 Å². The number of carbonyl (C=O) groups is 1. The molecule has 1 aliphatic carbocycles. The van der Waals surface area contributed by atoms with E-state index >= 15 is 0 Å². The molecule has 0 radical (unpaired) electrons. The van der Waals surface area contributed by atoms with E-state index in [1.54, 1.807) is 18.2 Å². The molecule has 1 amide bonds. The van der Waals surface area contributed by atoms with Crippen LogP contribution in [0.5, 0.6) is 0 Å². The number of hydrogen-bond acceptors (Lipinski definition) is 4. The molecule has 1 aromatic carbocycles. The van der Waals surface area contributed by atoms with Crippen LogP contribution >= 0.6 is 35.0 Å². The van der Waals surface area contributed by atoms with Crippen LogP contribution in [0, 0.1) is 11.3 Å². The average Bonchev–Trinajstić information content (AvgIpc) is 3.02. The molecule has 1 heterocycles. The van der Waals surface area contributed by atoms with Crippen LogP contribution in [0.1, 0.15) is 23.2 Å². The number of nitrogens with one attached hydrogen (secondary N) is 1. The Morgan fingerprint density at radius 3 is 2.96 bits per heavy atom. The number of fused-ring (bicyclic) bond motifs is 1. The highest BCUT2D eigenvalue weighted by Gasteiger charge is 2.18. The van der Waals surface area contributed by atoms with E-state index in [9.17, 15) is 10.1 Å². The van der Waals surface area contributed by atoms with E-state index in [0.29, 0.717) is 21.4 Å². The summed E-state index contributed by atoms with van der Waals surface area (Å²) in [4.78, 5) is 17.4. The quantitative estimate of drug-likeness (QED) is 0.797. The minimum Gasteiger partial charge on any atom is -0.309 e. The van der Waals surface area contributed by atoms with E-state index < -0.39 is 0 Å². The molecule has 2 aromatic rings. The van der Waals surface area contributed by atoms with Crippen LogP contribution in [-0.2, 0) is 17.6 Å². The van der Waals surface area contributed by atoms with Crippen LogP contribution in [-0.4, -0.2) is 16.6 Å². The second-order valence-electron chi connectivity index (χ2n) is 5.37. The highest BCUT2D eigenvalue weighted by Crippen LogP contribution is 2.30. The van der Waals surface area contributed by atoms with Crippen molar-refractivity contribution < 1.29 is 4.79 Å². The summed E-state index contributed by atoms with van der Waals surface area (Å²) in [5.41, 5.74) is 2.47. The van der Waals surface area contributed by atoms with Crippen molar-refractivity contribution in [2.45, 2.75) is 24.2 Å². The summed E-state index contributed by atoms with van der Waals surface area (Å²) in [5.74, 6) is 0.253. The van der Waals surface area contributed by atoms with Crippen LogP contribution in [0.4, 0.5) is 5.82 Å². The molecule has 24 heavy (non-hydrogen) atoms. The van der Waals surface area contributed by atoms with Crippen molar-refractivity contribution in [3.05, 3.63) is 51.1 Å². The van der Waals surface area contributed by atoms with Crippen LogP contribution in [0.2, 0.25) is 10.0 Å². The van der Waals surface area contributed by atoms with Crippen molar-refractivity contribution in [2.24, 2.45) is 0 Å². The summed E-state index contributed by atoms with van der Waals surface area (Å²) >= 11 is 13.3. The number of nitriles is 1. The molecular formula is C17H13Cl2N3OS. The lowest BCUT2D eigenvalue weighted by atomic mass is 10.1. The molecule has 1 aromatic heterocycles. The van der Waals surface area contributed by atoms with Gasteiger partial charge in [-0.05, 0) is 49.1 Å². The van der Waals surface area contributed by atoms with Crippen LogP contribution in [0.25, 0.3) is 0 Å². The van der Waals surface area contributed by atoms with Crippen LogP contribution in [0.3, 0.4) is 0 Å². The predicted molar refractivity (Wildman–Crippen MR) is 96.8 cm³/mol. The molecule has 0 bridgehead atoms. The fourth-order valence-electron chi connectivity index (χ4n) is 2.55. The van der Waals surface area contributed by atoms with E-state index in [0.717, 1.165) is 35.4 Å². The smallest absolute Gasteiger partial charge is 0.235 e. The summed E-state index contributed by atoms with van der Waals surface area (Å²) in [7, 11) is 0. The lowest BCUT2D eigenvalue weighted by molar-refractivity contribution is -0.113. The first-order valence-corrected chi connectivity index (χ1v) is 9.11. The molecule has 1 N–H and O–H groups in total. The molecule has 0 atom stereocenters. The molecule has 3 rings (SSSR count). The monoisotopic (exact) mass is 377 g/mol. The van der Waals surface area contributed by atoms with Gasteiger partial charge < -0.3 is 5.32 Å². The molecule has 0 unspecified atom stereocenters. The minimum atomic E-state index is -0.238. The topological polar surface area (TPSA) is 65.8 Å². The van der Waals surface area contributed by atoms with Gasteiger partial charge in [0.1, 0.15) is 6.07 Å². The molecule has 0 saturated carbocycles. The summed E-state index contributed by atoms with van der Waals surface area (Å²) in [6.07, 6.45) is 2.86. The molecular weight excluding hydrogens is 365 g/mol. The van der Waals surface area contributed by atoms with Crippen molar-refractivity contribution in [1.82, 2.24) is 4.98 Å². The molecule has 0 saturated heterocycles. The van der Waals surface area contributed by atoms with Gasteiger partial charge in [0, 0.05) is 15.6 Å². The van der Waals surface area contributed by atoms with E-state index in [1.165, 1.54) is 11.8 Å². The number of thioether (sulfide) groups is 1. The molecule has 1 aliphatic rings. The van der Waals surface area contributed by atoms with E-state index in [2.05, 4.69) is 16.4 Å². The predicted octanol–water partition coefficient (Wildman–Crippen LogP) is 4.48. The third-order valence-electron chi connectivity index (χ3n) is 3.68. The number of halogens is 2. The van der Waals surface area contributed by atoms with E-state index in [1.807, 2.05) is 6.07 Å². The second-order valence-corrected chi connectivity index (χ2v) is 7.23. The molecule has 122 valence electrons. The average molecular weight is 378 g/mol. The van der Waals surface area contributed by atoms with Crippen LogP contribution < -0.4 is 5.32 Å². The molecule has 0 spiro atoms. The van der Waals surface area contributed by atoms with Crippen molar-refractivity contribution in [3.63, 3.8) is 0 Å². The second kappa shape index (κ2) is 7.43. The van der Waals surface area contributed by atoms with Gasteiger partial charge in [-0.1, -0.05) is 23.2 Å². The Morgan fingerprint density at radius 2 is 2.17 bits per heavy atom. The van der Waals surface area contributed by atoms with Gasteiger partial charge in [-0.2, -0.15) is 5.26 Å². The van der Waals surface area contributed by atoms with Gasteiger partial charge in [0.15, 0.2) is 5.82 Å². The normalized spacial score (nSPS) is 12.5. The maximum Gasteiger partial charge on any atom is 0.235 e. The molecule has 7 heteroatoms. The number of rotatable bonds is 4. The van der Waals surface area contributed by atoms with Gasteiger partial charge >= 0.3 is 0 Å². The van der Waals surface area contributed by atoms with Gasteiger partial charge in [-0.25, -0.2) is 4.98 Å². The summed E-state index contributed by atoms with van der Waals surface area (Å²) in [6.45, 7) is 0. The van der Waals surface area contributed by atoms with Gasteiger partial charge in [-0.3, -0.25) is 4.79 Å². The zero-order chi connectivity index (χ0) is 17.1. The number of hydrogen-bond donors (Lipinski definition) is 1. The number of aromatic nitrogens is 1. The highest BCUT2D eigenvalue weighted by atomic mass is 35.5. The number of amides is 1. The summed E-state index contributed by atoms with van der Waals surface area (Å²) in [6, 6.07) is 9.03. The maximum absolute atomic E-state index is 12.2. The Kier molecular flexibility index (Phi) is 5.30. The van der Waals surface area contributed by atoms with Gasteiger partial charge in [0.2, 0.25) is 5.91 Å². The van der Waals surface area contributed by atoms with Crippen molar-refractivity contribution >= 4 is 46.7 Å². The fraction of sp³-hybridized carbons (Fsp3) is 0.235. The Hall–Kier alpha value is -1.74. The first-order valence-electron chi connectivity index (χ1n) is 7.37. The third-order valence-corrected chi connectivity index (χ3v) is 5.41. The fourth-order valence-corrected chi connectivity index (χ4v) is 3.84. The summed E-state index contributed by atoms with van der Waals surface area (Å²) < 4.78 is 0. The highest BCUT2D eigenvalue weighted by molar-refractivity contribution is 8.00. The van der Waals surface area contributed by atoms with Crippen LogP contribution in [0.15, 0.2) is 29.2 Å². The number of anilines is 1. The maximum atomic E-state index is 12.2. The zero-order valence-electron chi connectivity index (χ0n) is 12.6. The van der Waals surface area contributed by atoms with Crippen molar-refractivity contribution in [1.29, 1.82) is 5.26 Å². The lowest BCUT2D eigenvalue weighted by Gasteiger charge is -2.09. The van der Waals surface area contributed by atoms with Gasteiger partial charge in [0.25, 0.3) is 0 Å². The first kappa shape index (κ1) is 17.1. The molecule has 4 nitrogen and oxygen atoms in total. The summed E-state index contributed by atoms with van der Waals surface area (Å²) in [5, 5.41) is 13.1. The number of carbonyl (C=O) groups excluding carboxylic acids is 1.